The molecular formula is C20H23N3O6S2. The van der Waals surface area contributed by atoms with Crippen molar-refractivity contribution >= 4 is 43.2 Å². The average molecular weight is 466 g/mol. The first kappa shape index (κ1) is 22.8. The molecule has 3 aromatic rings. The molecule has 0 spiro atoms. The van der Waals surface area contributed by atoms with Gasteiger partial charge < -0.3 is 14.8 Å². The van der Waals surface area contributed by atoms with Crippen LogP contribution in [-0.2, 0) is 21.4 Å². The zero-order valence-electron chi connectivity index (χ0n) is 17.5. The van der Waals surface area contributed by atoms with Crippen LogP contribution < -0.4 is 19.7 Å². The van der Waals surface area contributed by atoms with E-state index in [1.165, 1.54) is 39.5 Å². The Morgan fingerprint density at radius 2 is 1.84 bits per heavy atom. The fraction of sp³-hybridized carbons (Fsp3) is 0.300. The van der Waals surface area contributed by atoms with E-state index in [2.05, 4.69) is 5.32 Å². The van der Waals surface area contributed by atoms with E-state index in [4.69, 9.17) is 9.47 Å². The number of nitrogens with one attached hydrogen (secondary N) is 1. The van der Waals surface area contributed by atoms with Crippen LogP contribution in [0.2, 0.25) is 0 Å². The molecular weight excluding hydrogens is 442 g/mol. The molecule has 1 amide bonds. The van der Waals surface area contributed by atoms with Gasteiger partial charge in [0.1, 0.15) is 0 Å². The summed E-state index contributed by atoms with van der Waals surface area (Å²) < 4.78 is 39.3. The van der Waals surface area contributed by atoms with Gasteiger partial charge in [-0.05, 0) is 37.3 Å². The van der Waals surface area contributed by atoms with E-state index in [1.54, 1.807) is 22.8 Å². The number of rotatable bonds is 8. The summed E-state index contributed by atoms with van der Waals surface area (Å²) in [6.45, 7) is 2.06. The van der Waals surface area contributed by atoms with E-state index >= 15 is 0 Å². The largest absolute Gasteiger partial charge is 0.493 e. The molecule has 0 bridgehead atoms. The number of aryl methyl sites for hydroxylation is 1. The lowest BCUT2D eigenvalue weighted by molar-refractivity contribution is -0.116. The second-order valence-corrected chi connectivity index (χ2v) is 9.66. The standard InChI is InChI=1S/C20H23N3O6S2/c1-5-23-15-8-6-13(10-18(15)30-20(23)25)21-19(24)12-22(2)31(26,27)14-7-9-16(28-3)17(11-14)29-4/h6-11H,5,12H2,1-4H3,(H,21,24). The van der Waals surface area contributed by atoms with Crippen molar-refractivity contribution in [2.45, 2.75) is 18.4 Å². The predicted octanol–water partition coefficient (Wildman–Crippen LogP) is 2.36. The molecule has 0 aliphatic heterocycles. The van der Waals surface area contributed by atoms with E-state index in [9.17, 15) is 18.0 Å². The van der Waals surface area contributed by atoms with Crippen LogP contribution in [0.15, 0.2) is 46.1 Å². The summed E-state index contributed by atoms with van der Waals surface area (Å²) in [5.74, 6) is 0.164. The Labute approximate surface area is 183 Å². The smallest absolute Gasteiger partial charge is 0.308 e. The van der Waals surface area contributed by atoms with Crippen molar-refractivity contribution in [3.8, 4) is 11.5 Å². The summed E-state index contributed by atoms with van der Waals surface area (Å²) in [5.41, 5.74) is 1.28. The fourth-order valence-electron chi connectivity index (χ4n) is 3.09. The summed E-state index contributed by atoms with van der Waals surface area (Å²) in [7, 11) is 0.256. The number of thiazole rings is 1. The van der Waals surface area contributed by atoms with Crippen molar-refractivity contribution in [2.75, 3.05) is 33.1 Å². The topological polar surface area (TPSA) is 107 Å². The lowest BCUT2D eigenvalue weighted by atomic mass is 10.3. The zero-order valence-corrected chi connectivity index (χ0v) is 19.2. The number of carbonyl (C=O) groups is 1. The van der Waals surface area contributed by atoms with Gasteiger partial charge in [0.25, 0.3) is 0 Å². The van der Waals surface area contributed by atoms with Crippen molar-refractivity contribution in [3.05, 3.63) is 46.1 Å². The summed E-state index contributed by atoms with van der Waals surface area (Å²) in [6.07, 6.45) is 0. The third kappa shape index (κ3) is 4.58. The van der Waals surface area contributed by atoms with Crippen molar-refractivity contribution < 1.29 is 22.7 Å². The molecule has 0 saturated carbocycles. The summed E-state index contributed by atoms with van der Waals surface area (Å²) in [5, 5.41) is 2.68. The van der Waals surface area contributed by atoms with Gasteiger partial charge in [0.2, 0.25) is 15.9 Å². The minimum absolute atomic E-state index is 0.0208. The van der Waals surface area contributed by atoms with Gasteiger partial charge >= 0.3 is 4.87 Å². The number of hydrogen-bond donors (Lipinski definition) is 1. The Hall–Kier alpha value is -2.89. The lowest BCUT2D eigenvalue weighted by Gasteiger charge is -2.18. The highest BCUT2D eigenvalue weighted by Crippen LogP contribution is 2.30. The number of carbonyl (C=O) groups excluding carboxylic acids is 1. The molecule has 0 unspecified atom stereocenters. The molecule has 0 aliphatic carbocycles. The van der Waals surface area contributed by atoms with E-state index < -0.39 is 15.9 Å². The molecule has 0 saturated heterocycles. The molecule has 3 rings (SSSR count). The summed E-state index contributed by atoms with van der Waals surface area (Å²) in [4.78, 5) is 24.4. The maximum Gasteiger partial charge on any atom is 0.308 e. The molecule has 11 heteroatoms. The van der Waals surface area contributed by atoms with Gasteiger partial charge in [0, 0.05) is 25.3 Å². The van der Waals surface area contributed by atoms with Crippen LogP contribution in [0.25, 0.3) is 10.2 Å². The first-order valence-electron chi connectivity index (χ1n) is 9.32. The number of anilines is 1. The normalized spacial score (nSPS) is 11.6. The van der Waals surface area contributed by atoms with Gasteiger partial charge in [-0.25, -0.2) is 8.42 Å². The molecule has 31 heavy (non-hydrogen) atoms. The number of hydrogen-bond acceptors (Lipinski definition) is 7. The average Bonchev–Trinajstić information content (AvgIpc) is 3.06. The number of sulfonamides is 1. The summed E-state index contributed by atoms with van der Waals surface area (Å²) >= 11 is 1.09. The van der Waals surface area contributed by atoms with Gasteiger partial charge in [-0.2, -0.15) is 4.31 Å². The zero-order chi connectivity index (χ0) is 22.8. The lowest BCUT2D eigenvalue weighted by Crippen LogP contribution is -2.35. The van der Waals surface area contributed by atoms with Crippen LogP contribution >= 0.6 is 11.3 Å². The number of amides is 1. The van der Waals surface area contributed by atoms with Crippen molar-refractivity contribution in [1.29, 1.82) is 0 Å². The quantitative estimate of drug-likeness (QED) is 0.547. The second-order valence-electron chi connectivity index (χ2n) is 6.62. The first-order chi connectivity index (χ1) is 14.7. The van der Waals surface area contributed by atoms with Crippen LogP contribution in [-0.4, -0.2) is 51.0 Å². The Kier molecular flexibility index (Phi) is 6.68. The number of likely N-dealkylation sites (N-methyl/N-ethyl adjacent to an activating group) is 1. The minimum atomic E-state index is -3.93. The monoisotopic (exact) mass is 465 g/mol. The van der Waals surface area contributed by atoms with Gasteiger partial charge in [-0.1, -0.05) is 11.3 Å². The Balaban J connectivity index is 1.75. The highest BCUT2D eigenvalue weighted by molar-refractivity contribution is 7.89. The maximum absolute atomic E-state index is 12.8. The Morgan fingerprint density at radius 1 is 1.13 bits per heavy atom. The van der Waals surface area contributed by atoms with E-state index in [0.29, 0.717) is 18.0 Å². The molecule has 9 nitrogen and oxygen atoms in total. The van der Waals surface area contributed by atoms with Crippen LogP contribution in [0, 0.1) is 0 Å². The molecule has 166 valence electrons. The van der Waals surface area contributed by atoms with Gasteiger partial charge in [0.05, 0.1) is 35.9 Å². The highest BCUT2D eigenvalue weighted by Gasteiger charge is 2.24. The van der Waals surface area contributed by atoms with E-state index in [1.807, 2.05) is 6.92 Å². The summed E-state index contributed by atoms with van der Waals surface area (Å²) in [6, 6.07) is 9.37. The molecule has 1 heterocycles. The van der Waals surface area contributed by atoms with Gasteiger partial charge in [-0.3, -0.25) is 14.2 Å². The van der Waals surface area contributed by atoms with Crippen molar-refractivity contribution in [2.24, 2.45) is 0 Å². The number of aromatic nitrogens is 1. The molecule has 1 N–H and O–H groups in total. The SMILES string of the molecule is CCn1c(=O)sc2cc(NC(=O)CN(C)S(=O)(=O)c3ccc(OC)c(OC)c3)ccc21. The molecule has 2 aromatic carbocycles. The highest BCUT2D eigenvalue weighted by atomic mass is 32.2. The van der Waals surface area contributed by atoms with Gasteiger partial charge in [-0.15, -0.1) is 0 Å². The van der Waals surface area contributed by atoms with E-state index in [0.717, 1.165) is 25.9 Å². The minimum Gasteiger partial charge on any atom is -0.493 e. The molecule has 0 fully saturated rings. The molecule has 0 aliphatic rings. The van der Waals surface area contributed by atoms with Crippen LogP contribution in [0.5, 0.6) is 11.5 Å². The first-order valence-corrected chi connectivity index (χ1v) is 11.6. The second kappa shape index (κ2) is 9.08. The fourth-order valence-corrected chi connectivity index (χ4v) is 5.23. The van der Waals surface area contributed by atoms with Crippen molar-refractivity contribution in [3.63, 3.8) is 0 Å². The molecule has 0 radical (unpaired) electrons. The van der Waals surface area contributed by atoms with Crippen LogP contribution in [0.1, 0.15) is 6.92 Å². The predicted molar refractivity (Wildman–Crippen MR) is 120 cm³/mol. The Morgan fingerprint density at radius 3 is 2.48 bits per heavy atom. The van der Waals surface area contributed by atoms with Crippen LogP contribution in [0.3, 0.4) is 0 Å². The maximum atomic E-state index is 12.8. The Bertz CT molecular complexity index is 1280. The number of fused-ring (bicyclic) bond motifs is 1. The number of benzene rings is 2. The third-order valence-corrected chi connectivity index (χ3v) is 7.44. The van der Waals surface area contributed by atoms with Crippen LogP contribution in [0.4, 0.5) is 5.69 Å². The van der Waals surface area contributed by atoms with Crippen molar-refractivity contribution in [1.82, 2.24) is 8.87 Å². The molecule has 0 atom stereocenters. The van der Waals surface area contributed by atoms with Gasteiger partial charge in [0.15, 0.2) is 11.5 Å². The molecule has 1 aromatic heterocycles. The number of nitrogens with zero attached hydrogens (tertiary/aromatic N) is 2. The van der Waals surface area contributed by atoms with E-state index in [-0.39, 0.29) is 22.1 Å². The number of methoxy groups -OCH3 is 2. The third-order valence-electron chi connectivity index (χ3n) is 4.70. The number of ether oxygens (including phenoxy) is 2.